The summed E-state index contributed by atoms with van der Waals surface area (Å²) in [5.74, 6) is -0.00467. The molecule has 5 heteroatoms. The number of hydrogen-bond donors (Lipinski definition) is 2. The zero-order chi connectivity index (χ0) is 10.7. The first-order valence-corrected chi connectivity index (χ1v) is 6.06. The Morgan fingerprint density at radius 1 is 1.67 bits per heavy atom. The fourth-order valence-corrected chi connectivity index (χ4v) is 2.16. The fraction of sp³-hybridized carbons (Fsp3) is 0.600. The van der Waals surface area contributed by atoms with E-state index in [1.807, 2.05) is 0 Å². The van der Waals surface area contributed by atoms with Gasteiger partial charge in [0.05, 0.1) is 0 Å². The average Bonchev–Trinajstić information content (AvgIpc) is 2.90. The second-order valence-electron chi connectivity index (χ2n) is 3.86. The molecular weight excluding hydrogens is 212 g/mol. The molecule has 2 N–H and O–H groups in total. The van der Waals surface area contributed by atoms with Gasteiger partial charge in [0.1, 0.15) is 0 Å². The molecule has 0 aliphatic heterocycles. The van der Waals surface area contributed by atoms with E-state index in [0.717, 1.165) is 18.9 Å². The smallest absolute Gasteiger partial charge is 0.355 e. The normalized spacial score (nSPS) is 15.2. The lowest BCUT2D eigenvalue weighted by atomic mass is 10.2. The van der Waals surface area contributed by atoms with Gasteiger partial charge in [-0.25, -0.2) is 9.78 Å². The highest BCUT2D eigenvalue weighted by Crippen LogP contribution is 2.33. The summed E-state index contributed by atoms with van der Waals surface area (Å²) in [6.45, 7) is 0.892. The van der Waals surface area contributed by atoms with Gasteiger partial charge in [0.25, 0.3) is 0 Å². The van der Waals surface area contributed by atoms with E-state index in [1.165, 1.54) is 30.6 Å². The van der Waals surface area contributed by atoms with Crippen molar-refractivity contribution in [3.63, 3.8) is 0 Å². The van der Waals surface area contributed by atoms with Crippen molar-refractivity contribution in [2.24, 2.45) is 5.92 Å². The van der Waals surface area contributed by atoms with Crippen molar-refractivity contribution in [1.82, 2.24) is 4.98 Å². The summed E-state index contributed by atoms with van der Waals surface area (Å²) in [6, 6.07) is 0. The highest BCUT2D eigenvalue weighted by atomic mass is 32.1. The molecule has 1 aliphatic carbocycles. The number of nitrogens with zero attached hydrogens (tertiary/aromatic N) is 1. The first kappa shape index (κ1) is 10.4. The summed E-state index contributed by atoms with van der Waals surface area (Å²) in [5.41, 5.74) is 0.129. The maximum atomic E-state index is 10.6. The third-order valence-corrected chi connectivity index (χ3v) is 3.29. The molecule has 1 heterocycles. The Balaban J connectivity index is 1.70. The number of carbonyl (C=O) groups is 1. The Hall–Kier alpha value is -1.10. The van der Waals surface area contributed by atoms with E-state index >= 15 is 0 Å². The molecule has 0 unspecified atom stereocenters. The number of thiazole rings is 1. The minimum Gasteiger partial charge on any atom is -0.476 e. The van der Waals surface area contributed by atoms with Gasteiger partial charge in [0, 0.05) is 11.9 Å². The minimum atomic E-state index is -0.961. The molecule has 1 saturated carbocycles. The number of carboxylic acids is 1. The average molecular weight is 226 g/mol. The second kappa shape index (κ2) is 4.61. The molecule has 0 aromatic carbocycles. The Morgan fingerprint density at radius 2 is 2.47 bits per heavy atom. The summed E-state index contributed by atoms with van der Waals surface area (Å²) >= 11 is 1.35. The van der Waals surface area contributed by atoms with Crippen LogP contribution in [0.15, 0.2) is 5.38 Å². The summed E-state index contributed by atoms with van der Waals surface area (Å²) in [4.78, 5) is 14.5. The van der Waals surface area contributed by atoms with Crippen LogP contribution >= 0.6 is 11.3 Å². The molecule has 0 amide bonds. The summed E-state index contributed by atoms with van der Waals surface area (Å²) in [6.07, 6.45) is 5.21. The number of aromatic nitrogens is 1. The molecule has 0 radical (unpaired) electrons. The molecular formula is C10H14N2O2S. The number of carboxylic acid groups (broad SMARTS) is 1. The largest absolute Gasteiger partial charge is 0.476 e. The maximum absolute atomic E-state index is 10.6. The van der Waals surface area contributed by atoms with Gasteiger partial charge in [-0.1, -0.05) is 12.8 Å². The van der Waals surface area contributed by atoms with Gasteiger partial charge >= 0.3 is 5.97 Å². The molecule has 1 aliphatic rings. The fourth-order valence-electron chi connectivity index (χ4n) is 1.45. The van der Waals surface area contributed by atoms with Crippen LogP contribution in [0.25, 0.3) is 0 Å². The maximum Gasteiger partial charge on any atom is 0.355 e. The van der Waals surface area contributed by atoms with Crippen LogP contribution < -0.4 is 5.32 Å². The standard InChI is InChI=1S/C10H14N2O2S/c13-9(14)8-6-15-10(12-8)11-5-1-2-7-3-4-7/h6-7H,1-5H2,(H,11,12)(H,13,14). The minimum absolute atomic E-state index is 0.129. The number of hydrogen-bond acceptors (Lipinski definition) is 4. The highest BCUT2D eigenvalue weighted by Gasteiger charge is 2.20. The molecule has 1 aromatic rings. The van der Waals surface area contributed by atoms with Crippen molar-refractivity contribution in [2.45, 2.75) is 25.7 Å². The van der Waals surface area contributed by atoms with Gasteiger partial charge in [-0.2, -0.15) is 0 Å². The van der Waals surface area contributed by atoms with Crippen molar-refractivity contribution in [1.29, 1.82) is 0 Å². The number of nitrogens with one attached hydrogen (secondary N) is 1. The first-order chi connectivity index (χ1) is 7.25. The van der Waals surface area contributed by atoms with Gasteiger partial charge in [0.15, 0.2) is 10.8 Å². The Bertz CT molecular complexity index is 347. The molecule has 0 bridgehead atoms. The van der Waals surface area contributed by atoms with Crippen molar-refractivity contribution < 1.29 is 9.90 Å². The zero-order valence-corrected chi connectivity index (χ0v) is 9.22. The number of rotatable bonds is 6. The SMILES string of the molecule is O=C(O)c1csc(NCCCC2CC2)n1. The van der Waals surface area contributed by atoms with Crippen LogP contribution in [-0.2, 0) is 0 Å². The molecule has 0 saturated heterocycles. The quantitative estimate of drug-likeness (QED) is 0.731. The molecule has 15 heavy (non-hydrogen) atoms. The second-order valence-corrected chi connectivity index (χ2v) is 4.71. The zero-order valence-electron chi connectivity index (χ0n) is 8.40. The van der Waals surface area contributed by atoms with Crippen molar-refractivity contribution in [3.05, 3.63) is 11.1 Å². The Kier molecular flexibility index (Phi) is 3.20. The van der Waals surface area contributed by atoms with E-state index < -0.39 is 5.97 Å². The van der Waals surface area contributed by atoms with Crippen LogP contribution in [0.1, 0.15) is 36.2 Å². The molecule has 1 fully saturated rings. The molecule has 4 nitrogen and oxygen atoms in total. The molecule has 0 spiro atoms. The van der Waals surface area contributed by atoms with Crippen LogP contribution in [-0.4, -0.2) is 22.6 Å². The third kappa shape index (κ3) is 3.20. The number of anilines is 1. The monoisotopic (exact) mass is 226 g/mol. The van der Waals surface area contributed by atoms with Gasteiger partial charge in [-0.15, -0.1) is 11.3 Å². The Morgan fingerprint density at radius 3 is 3.07 bits per heavy atom. The van der Waals surface area contributed by atoms with E-state index in [4.69, 9.17) is 5.11 Å². The number of aromatic carboxylic acids is 1. The summed E-state index contributed by atoms with van der Waals surface area (Å²) in [7, 11) is 0. The molecule has 0 atom stereocenters. The third-order valence-electron chi connectivity index (χ3n) is 2.49. The predicted molar refractivity (Wildman–Crippen MR) is 59.5 cm³/mol. The van der Waals surface area contributed by atoms with Crippen LogP contribution in [0, 0.1) is 5.92 Å². The van der Waals surface area contributed by atoms with Gasteiger partial charge in [-0.05, 0) is 18.8 Å². The summed E-state index contributed by atoms with van der Waals surface area (Å²) < 4.78 is 0. The van der Waals surface area contributed by atoms with Gasteiger partial charge in [0.2, 0.25) is 0 Å². The topological polar surface area (TPSA) is 62.2 Å². The van der Waals surface area contributed by atoms with Crippen molar-refractivity contribution in [3.8, 4) is 0 Å². The lowest BCUT2D eigenvalue weighted by molar-refractivity contribution is 0.0691. The highest BCUT2D eigenvalue weighted by molar-refractivity contribution is 7.13. The van der Waals surface area contributed by atoms with E-state index in [0.29, 0.717) is 5.13 Å². The summed E-state index contributed by atoms with van der Waals surface area (Å²) in [5, 5.41) is 14.1. The van der Waals surface area contributed by atoms with Crippen molar-refractivity contribution in [2.75, 3.05) is 11.9 Å². The lowest BCUT2D eigenvalue weighted by Crippen LogP contribution is -2.02. The predicted octanol–water partition coefficient (Wildman–Crippen LogP) is 2.44. The van der Waals surface area contributed by atoms with Crippen LogP contribution in [0.5, 0.6) is 0 Å². The van der Waals surface area contributed by atoms with Gasteiger partial charge in [-0.3, -0.25) is 0 Å². The van der Waals surface area contributed by atoms with E-state index in [2.05, 4.69) is 10.3 Å². The van der Waals surface area contributed by atoms with Gasteiger partial charge < -0.3 is 10.4 Å². The first-order valence-electron chi connectivity index (χ1n) is 5.18. The van der Waals surface area contributed by atoms with E-state index in [9.17, 15) is 4.79 Å². The molecule has 2 rings (SSSR count). The molecule has 1 aromatic heterocycles. The van der Waals surface area contributed by atoms with E-state index in [1.54, 1.807) is 5.38 Å². The van der Waals surface area contributed by atoms with Crippen LogP contribution in [0.2, 0.25) is 0 Å². The van der Waals surface area contributed by atoms with Crippen LogP contribution in [0.4, 0.5) is 5.13 Å². The lowest BCUT2D eigenvalue weighted by Gasteiger charge is -2.00. The molecule has 82 valence electrons. The van der Waals surface area contributed by atoms with Crippen molar-refractivity contribution >= 4 is 22.4 Å². The van der Waals surface area contributed by atoms with E-state index in [-0.39, 0.29) is 5.69 Å². The Labute approximate surface area is 92.3 Å². The van der Waals surface area contributed by atoms with Crippen LogP contribution in [0.3, 0.4) is 0 Å².